The van der Waals surface area contributed by atoms with Crippen LogP contribution in [0.4, 0.5) is 8.78 Å². The maximum absolute atomic E-state index is 13.5. The Hall–Kier alpha value is -0.610. The Morgan fingerprint density at radius 1 is 1.21 bits per heavy atom. The Morgan fingerprint density at radius 2 is 1.79 bits per heavy atom. The van der Waals surface area contributed by atoms with E-state index in [1.807, 2.05) is 0 Å². The molecule has 0 aliphatic rings. The first-order valence-corrected chi connectivity index (χ1v) is 5.41. The number of hydrogen-bond donors (Lipinski definition) is 1. The average molecular weight is 217 g/mol. The van der Waals surface area contributed by atoms with Gasteiger partial charge in [-0.3, -0.25) is 0 Å². The van der Waals surface area contributed by atoms with Gasteiger partial charge in [-0.25, -0.2) is 8.78 Å². The fourth-order valence-corrected chi connectivity index (χ4v) is 1.65. The highest BCUT2D eigenvalue weighted by Gasteiger charge is 2.21. The van der Waals surface area contributed by atoms with Crippen molar-refractivity contribution in [2.45, 2.75) is 24.3 Å². The van der Waals surface area contributed by atoms with Crippen molar-refractivity contribution in [3.63, 3.8) is 0 Å². The van der Waals surface area contributed by atoms with Gasteiger partial charge >= 0.3 is 0 Å². The number of thioether (sulfide) groups is 1. The zero-order valence-corrected chi connectivity index (χ0v) is 9.21. The van der Waals surface area contributed by atoms with Crippen LogP contribution < -0.4 is 5.73 Å². The minimum atomic E-state index is -0.859. The van der Waals surface area contributed by atoms with E-state index in [1.54, 1.807) is 20.1 Å². The molecule has 0 unspecified atom stereocenters. The van der Waals surface area contributed by atoms with Gasteiger partial charge in [0.1, 0.15) is 11.6 Å². The average Bonchev–Trinajstić information content (AvgIpc) is 2.06. The van der Waals surface area contributed by atoms with E-state index in [-0.39, 0.29) is 5.56 Å². The van der Waals surface area contributed by atoms with Gasteiger partial charge in [0.05, 0.1) is 0 Å². The van der Waals surface area contributed by atoms with Gasteiger partial charge in [0, 0.05) is 16.0 Å². The van der Waals surface area contributed by atoms with Gasteiger partial charge in [-0.15, -0.1) is 11.8 Å². The van der Waals surface area contributed by atoms with Gasteiger partial charge < -0.3 is 5.73 Å². The zero-order chi connectivity index (χ0) is 10.9. The van der Waals surface area contributed by atoms with Crippen LogP contribution in [0.25, 0.3) is 0 Å². The molecule has 1 rings (SSSR count). The quantitative estimate of drug-likeness (QED) is 0.771. The van der Waals surface area contributed by atoms with Crippen molar-refractivity contribution in [1.29, 1.82) is 0 Å². The molecule has 78 valence electrons. The zero-order valence-electron chi connectivity index (χ0n) is 8.40. The fourth-order valence-electron chi connectivity index (χ4n) is 1.18. The standard InChI is InChI=1S/C10H13F2NS/c1-10(2,13)6-4-8(12)9(14-3)5-7(6)11/h4-5H,13H2,1-3H3. The maximum atomic E-state index is 13.5. The van der Waals surface area contributed by atoms with Crippen molar-refractivity contribution >= 4 is 11.8 Å². The van der Waals surface area contributed by atoms with Gasteiger partial charge in [0.15, 0.2) is 0 Å². The third kappa shape index (κ3) is 2.25. The Bertz CT molecular complexity index is 345. The summed E-state index contributed by atoms with van der Waals surface area (Å²) in [6, 6.07) is 2.35. The summed E-state index contributed by atoms with van der Waals surface area (Å²) in [5, 5.41) is 0. The normalized spacial score (nSPS) is 11.9. The Morgan fingerprint density at radius 3 is 2.21 bits per heavy atom. The first-order valence-electron chi connectivity index (χ1n) is 4.18. The van der Waals surface area contributed by atoms with E-state index in [1.165, 1.54) is 23.9 Å². The van der Waals surface area contributed by atoms with E-state index in [0.29, 0.717) is 4.90 Å². The fraction of sp³-hybridized carbons (Fsp3) is 0.400. The molecular weight excluding hydrogens is 204 g/mol. The first kappa shape index (κ1) is 11.5. The lowest BCUT2D eigenvalue weighted by molar-refractivity contribution is 0.486. The number of rotatable bonds is 2. The number of benzene rings is 1. The second-order valence-electron chi connectivity index (χ2n) is 3.69. The van der Waals surface area contributed by atoms with Gasteiger partial charge in [-0.2, -0.15) is 0 Å². The van der Waals surface area contributed by atoms with Crippen LogP contribution in [-0.2, 0) is 5.54 Å². The summed E-state index contributed by atoms with van der Waals surface area (Å²) in [5.74, 6) is -0.879. The van der Waals surface area contributed by atoms with Crippen molar-refractivity contribution in [1.82, 2.24) is 0 Å². The molecule has 0 bridgehead atoms. The Balaban J connectivity index is 3.29. The monoisotopic (exact) mass is 217 g/mol. The molecule has 0 saturated carbocycles. The molecule has 0 amide bonds. The molecule has 0 saturated heterocycles. The molecule has 1 aromatic rings. The molecule has 0 spiro atoms. The van der Waals surface area contributed by atoms with Crippen LogP contribution >= 0.6 is 11.8 Å². The topological polar surface area (TPSA) is 26.0 Å². The number of hydrogen-bond acceptors (Lipinski definition) is 2. The summed E-state index contributed by atoms with van der Waals surface area (Å²) in [7, 11) is 0. The number of halogens is 2. The highest BCUT2D eigenvalue weighted by Crippen LogP contribution is 2.27. The highest BCUT2D eigenvalue weighted by atomic mass is 32.2. The summed E-state index contributed by atoms with van der Waals surface area (Å²) in [6.07, 6.45) is 1.70. The van der Waals surface area contributed by atoms with E-state index in [4.69, 9.17) is 5.73 Å². The van der Waals surface area contributed by atoms with Crippen LogP contribution in [0.3, 0.4) is 0 Å². The second-order valence-corrected chi connectivity index (χ2v) is 4.54. The van der Waals surface area contributed by atoms with E-state index in [0.717, 1.165) is 0 Å². The molecule has 0 aliphatic carbocycles. The van der Waals surface area contributed by atoms with Gasteiger partial charge in [0.25, 0.3) is 0 Å². The maximum Gasteiger partial charge on any atom is 0.137 e. The van der Waals surface area contributed by atoms with Gasteiger partial charge in [0.2, 0.25) is 0 Å². The Labute approximate surface area is 86.7 Å². The van der Waals surface area contributed by atoms with Crippen molar-refractivity contribution < 1.29 is 8.78 Å². The molecule has 0 aromatic heterocycles. The van der Waals surface area contributed by atoms with E-state index in [9.17, 15) is 8.78 Å². The molecule has 1 nitrogen and oxygen atoms in total. The lowest BCUT2D eigenvalue weighted by Gasteiger charge is -2.20. The molecule has 14 heavy (non-hydrogen) atoms. The van der Waals surface area contributed by atoms with Crippen LogP contribution in [-0.4, -0.2) is 6.26 Å². The number of nitrogens with two attached hydrogens (primary N) is 1. The summed E-state index contributed by atoms with van der Waals surface area (Å²) < 4.78 is 26.8. The lowest BCUT2D eigenvalue weighted by atomic mass is 9.95. The minimum absolute atomic E-state index is 0.202. The third-order valence-electron chi connectivity index (χ3n) is 1.94. The molecule has 0 aliphatic heterocycles. The third-order valence-corrected chi connectivity index (χ3v) is 2.69. The van der Waals surface area contributed by atoms with Crippen LogP contribution in [0.15, 0.2) is 17.0 Å². The largest absolute Gasteiger partial charge is 0.322 e. The molecule has 0 radical (unpaired) electrons. The second kappa shape index (κ2) is 3.87. The molecule has 4 heteroatoms. The van der Waals surface area contributed by atoms with Crippen molar-refractivity contribution in [3.8, 4) is 0 Å². The molecular formula is C10H13F2NS. The van der Waals surface area contributed by atoms with Crippen LogP contribution in [0.5, 0.6) is 0 Å². The Kier molecular flexibility index (Phi) is 3.17. The van der Waals surface area contributed by atoms with E-state index < -0.39 is 17.2 Å². The van der Waals surface area contributed by atoms with Crippen molar-refractivity contribution in [3.05, 3.63) is 29.3 Å². The lowest BCUT2D eigenvalue weighted by Crippen LogP contribution is -2.30. The molecule has 0 fully saturated rings. The summed E-state index contributed by atoms with van der Waals surface area (Å²) in [4.78, 5) is 0.301. The van der Waals surface area contributed by atoms with Crippen molar-refractivity contribution in [2.75, 3.05) is 6.26 Å². The van der Waals surface area contributed by atoms with Gasteiger partial charge in [-0.05, 0) is 32.2 Å². The highest BCUT2D eigenvalue weighted by molar-refractivity contribution is 7.98. The molecule has 0 heterocycles. The predicted molar refractivity (Wildman–Crippen MR) is 55.4 cm³/mol. The van der Waals surface area contributed by atoms with Crippen LogP contribution in [0.2, 0.25) is 0 Å². The van der Waals surface area contributed by atoms with Crippen LogP contribution in [0, 0.1) is 11.6 Å². The van der Waals surface area contributed by atoms with Crippen molar-refractivity contribution in [2.24, 2.45) is 5.73 Å². The minimum Gasteiger partial charge on any atom is -0.322 e. The first-order chi connectivity index (χ1) is 6.36. The van der Waals surface area contributed by atoms with E-state index in [2.05, 4.69) is 0 Å². The summed E-state index contributed by atoms with van der Waals surface area (Å²) >= 11 is 1.17. The smallest absolute Gasteiger partial charge is 0.137 e. The molecule has 1 aromatic carbocycles. The molecule has 0 atom stereocenters. The molecule has 2 N–H and O–H groups in total. The van der Waals surface area contributed by atoms with Gasteiger partial charge in [-0.1, -0.05) is 0 Å². The van der Waals surface area contributed by atoms with Crippen LogP contribution in [0.1, 0.15) is 19.4 Å². The predicted octanol–water partition coefficient (Wildman–Crippen LogP) is 2.88. The van der Waals surface area contributed by atoms with E-state index >= 15 is 0 Å². The summed E-state index contributed by atoms with van der Waals surface area (Å²) in [6.45, 7) is 3.28. The SMILES string of the molecule is CSc1cc(F)c(C(C)(C)N)cc1F. The summed E-state index contributed by atoms with van der Waals surface area (Å²) in [5.41, 5.74) is 5.05.